The summed E-state index contributed by atoms with van der Waals surface area (Å²) in [5, 5.41) is 13.3. The van der Waals surface area contributed by atoms with E-state index in [1.165, 1.54) is 6.92 Å². The molecule has 3 N–H and O–H groups in total. The van der Waals surface area contributed by atoms with E-state index in [4.69, 9.17) is 5.11 Å². The van der Waals surface area contributed by atoms with Crippen molar-refractivity contribution in [3.8, 4) is 0 Å². The molecule has 0 bridgehead atoms. The van der Waals surface area contributed by atoms with Crippen molar-refractivity contribution in [2.24, 2.45) is 0 Å². The Bertz CT molecular complexity index is 315. The first kappa shape index (κ1) is 16.2. The maximum atomic E-state index is 11.8. The molecule has 18 heavy (non-hydrogen) atoms. The minimum absolute atomic E-state index is 0.196. The highest BCUT2D eigenvalue weighted by molar-refractivity contribution is 5.88. The van der Waals surface area contributed by atoms with Crippen molar-refractivity contribution < 1.29 is 19.5 Å². The Labute approximate surface area is 107 Å². The van der Waals surface area contributed by atoms with Gasteiger partial charge in [-0.15, -0.1) is 0 Å². The van der Waals surface area contributed by atoms with E-state index < -0.39 is 24.1 Å². The lowest BCUT2D eigenvalue weighted by atomic mass is 10.3. The Kier molecular flexibility index (Phi) is 6.77. The molecule has 0 heterocycles. The summed E-state index contributed by atoms with van der Waals surface area (Å²) >= 11 is 0. The third-order valence-electron chi connectivity index (χ3n) is 2.51. The molecule has 0 aliphatic heterocycles. The maximum absolute atomic E-state index is 11.8. The highest BCUT2D eigenvalue weighted by atomic mass is 16.4. The normalized spacial score (nSPS) is 13.3. The topological polar surface area (TPSA) is 98.7 Å². The average molecular weight is 259 g/mol. The number of rotatable bonds is 6. The monoisotopic (exact) mass is 259 g/mol. The van der Waals surface area contributed by atoms with Gasteiger partial charge in [0, 0.05) is 13.1 Å². The lowest BCUT2D eigenvalue weighted by molar-refractivity contribution is -0.138. The molecule has 1 unspecified atom stereocenters. The molecule has 0 radical (unpaired) electrons. The van der Waals surface area contributed by atoms with E-state index in [0.29, 0.717) is 13.1 Å². The molecule has 104 valence electrons. The minimum atomic E-state index is -1.13. The first-order valence-electron chi connectivity index (χ1n) is 5.92. The fourth-order valence-electron chi connectivity index (χ4n) is 1.37. The molecule has 0 spiro atoms. The van der Waals surface area contributed by atoms with Gasteiger partial charge in [0.15, 0.2) is 0 Å². The van der Waals surface area contributed by atoms with Gasteiger partial charge in [-0.25, -0.2) is 4.79 Å². The largest absolute Gasteiger partial charge is 0.480 e. The molecule has 0 aromatic rings. The zero-order valence-corrected chi connectivity index (χ0v) is 11.2. The summed E-state index contributed by atoms with van der Waals surface area (Å²) in [5.74, 6) is -1.33. The summed E-state index contributed by atoms with van der Waals surface area (Å²) in [6.45, 7) is 7.73. The van der Waals surface area contributed by atoms with Crippen LogP contribution in [0.5, 0.6) is 0 Å². The molecule has 2 atom stereocenters. The number of amides is 3. The van der Waals surface area contributed by atoms with Crippen LogP contribution >= 0.6 is 0 Å². The van der Waals surface area contributed by atoms with Gasteiger partial charge >= 0.3 is 12.0 Å². The first-order chi connectivity index (χ1) is 8.33. The number of aliphatic carboxylic acids is 1. The zero-order valence-electron chi connectivity index (χ0n) is 11.2. The number of hydrogen-bond acceptors (Lipinski definition) is 3. The van der Waals surface area contributed by atoms with Gasteiger partial charge in [0.05, 0.1) is 0 Å². The van der Waals surface area contributed by atoms with Crippen LogP contribution in [0.4, 0.5) is 4.79 Å². The van der Waals surface area contributed by atoms with Crippen molar-refractivity contribution >= 4 is 17.9 Å². The Hall–Kier alpha value is -1.79. The Balaban J connectivity index is 4.30. The van der Waals surface area contributed by atoms with Crippen molar-refractivity contribution in [2.75, 3.05) is 13.1 Å². The SMILES string of the molecule is CCN(CC)C(=O)C(C)NC(=O)N[C@@H](C)C(=O)O. The van der Waals surface area contributed by atoms with Crippen LogP contribution in [-0.4, -0.2) is 53.1 Å². The highest BCUT2D eigenvalue weighted by Gasteiger charge is 2.21. The van der Waals surface area contributed by atoms with Gasteiger partial charge in [0.25, 0.3) is 0 Å². The quantitative estimate of drug-likeness (QED) is 0.626. The van der Waals surface area contributed by atoms with Crippen molar-refractivity contribution in [1.29, 1.82) is 0 Å². The number of hydrogen-bond donors (Lipinski definition) is 3. The molecular weight excluding hydrogens is 238 g/mol. The van der Waals surface area contributed by atoms with Gasteiger partial charge in [0.1, 0.15) is 12.1 Å². The molecule has 0 aromatic heterocycles. The minimum Gasteiger partial charge on any atom is -0.480 e. The molecule has 0 saturated carbocycles. The van der Waals surface area contributed by atoms with E-state index in [2.05, 4.69) is 10.6 Å². The Morgan fingerprint density at radius 2 is 1.50 bits per heavy atom. The Morgan fingerprint density at radius 1 is 1.06 bits per heavy atom. The third-order valence-corrected chi connectivity index (χ3v) is 2.51. The number of carboxylic acid groups (broad SMARTS) is 1. The number of likely N-dealkylation sites (N-methyl/N-ethyl adjacent to an activating group) is 1. The van der Waals surface area contributed by atoms with E-state index in [-0.39, 0.29) is 5.91 Å². The highest BCUT2D eigenvalue weighted by Crippen LogP contribution is 1.95. The van der Waals surface area contributed by atoms with Crippen LogP contribution in [-0.2, 0) is 9.59 Å². The van der Waals surface area contributed by atoms with Crippen molar-refractivity contribution in [2.45, 2.75) is 39.8 Å². The summed E-state index contributed by atoms with van der Waals surface area (Å²) in [7, 11) is 0. The smallest absolute Gasteiger partial charge is 0.325 e. The first-order valence-corrected chi connectivity index (χ1v) is 5.92. The Morgan fingerprint density at radius 3 is 1.89 bits per heavy atom. The molecule has 0 aliphatic rings. The number of carbonyl (C=O) groups excluding carboxylic acids is 2. The lowest BCUT2D eigenvalue weighted by Crippen LogP contribution is -2.52. The van der Waals surface area contributed by atoms with Gasteiger partial charge in [-0.05, 0) is 27.7 Å². The number of carboxylic acids is 1. The van der Waals surface area contributed by atoms with Crippen LogP contribution in [0.15, 0.2) is 0 Å². The molecular formula is C11H21N3O4. The van der Waals surface area contributed by atoms with Gasteiger partial charge < -0.3 is 20.6 Å². The number of urea groups is 1. The van der Waals surface area contributed by atoms with E-state index in [9.17, 15) is 14.4 Å². The zero-order chi connectivity index (χ0) is 14.3. The van der Waals surface area contributed by atoms with E-state index in [0.717, 1.165) is 0 Å². The fraction of sp³-hybridized carbons (Fsp3) is 0.727. The van der Waals surface area contributed by atoms with Crippen LogP contribution in [0.2, 0.25) is 0 Å². The summed E-state index contributed by atoms with van der Waals surface area (Å²) in [4.78, 5) is 35.4. The standard InChI is InChI=1S/C11H21N3O4/c1-5-14(6-2)9(15)7(3)12-11(18)13-8(4)10(16)17/h7-8H,5-6H2,1-4H3,(H,16,17)(H2,12,13,18)/t7?,8-/m0/s1. The molecule has 0 aliphatic carbocycles. The van der Waals surface area contributed by atoms with Crippen LogP contribution in [0.3, 0.4) is 0 Å². The summed E-state index contributed by atoms with van der Waals surface area (Å²) < 4.78 is 0. The summed E-state index contributed by atoms with van der Waals surface area (Å²) in [5.41, 5.74) is 0. The summed E-state index contributed by atoms with van der Waals surface area (Å²) in [6, 6.07) is -2.36. The molecule has 0 fully saturated rings. The molecule has 0 rings (SSSR count). The van der Waals surface area contributed by atoms with Crippen LogP contribution < -0.4 is 10.6 Å². The van der Waals surface area contributed by atoms with Crippen LogP contribution in [0.1, 0.15) is 27.7 Å². The van der Waals surface area contributed by atoms with Gasteiger partial charge in [-0.2, -0.15) is 0 Å². The number of carbonyl (C=O) groups is 3. The van der Waals surface area contributed by atoms with Gasteiger partial charge in [0.2, 0.25) is 5.91 Å². The predicted octanol–water partition coefficient (Wildman–Crippen LogP) is 0.0156. The lowest BCUT2D eigenvalue weighted by Gasteiger charge is -2.23. The number of nitrogens with zero attached hydrogens (tertiary/aromatic N) is 1. The van der Waals surface area contributed by atoms with E-state index in [1.54, 1.807) is 11.8 Å². The molecule has 3 amide bonds. The number of nitrogens with one attached hydrogen (secondary N) is 2. The van der Waals surface area contributed by atoms with Gasteiger partial charge in [-0.1, -0.05) is 0 Å². The fourth-order valence-corrected chi connectivity index (χ4v) is 1.37. The van der Waals surface area contributed by atoms with Crippen LogP contribution in [0.25, 0.3) is 0 Å². The third kappa shape index (κ3) is 5.03. The summed E-state index contributed by atoms with van der Waals surface area (Å²) in [6.07, 6.45) is 0. The second-order valence-corrected chi connectivity index (χ2v) is 3.91. The predicted molar refractivity (Wildman–Crippen MR) is 66.2 cm³/mol. The van der Waals surface area contributed by atoms with Crippen molar-refractivity contribution in [3.63, 3.8) is 0 Å². The second-order valence-electron chi connectivity index (χ2n) is 3.91. The average Bonchev–Trinajstić information content (AvgIpc) is 2.29. The maximum Gasteiger partial charge on any atom is 0.325 e. The molecule has 7 heteroatoms. The van der Waals surface area contributed by atoms with E-state index in [1.807, 2.05) is 13.8 Å². The second kappa shape index (κ2) is 7.52. The van der Waals surface area contributed by atoms with Crippen LogP contribution in [0, 0.1) is 0 Å². The van der Waals surface area contributed by atoms with E-state index >= 15 is 0 Å². The molecule has 0 aromatic carbocycles. The molecule has 7 nitrogen and oxygen atoms in total. The van der Waals surface area contributed by atoms with Gasteiger partial charge in [-0.3, -0.25) is 9.59 Å². The molecule has 0 saturated heterocycles. The van der Waals surface area contributed by atoms with Crippen molar-refractivity contribution in [1.82, 2.24) is 15.5 Å². The van der Waals surface area contributed by atoms with Crippen molar-refractivity contribution in [3.05, 3.63) is 0 Å².